The van der Waals surface area contributed by atoms with Crippen molar-refractivity contribution in [3.63, 3.8) is 0 Å². The molecule has 0 atom stereocenters. The summed E-state index contributed by atoms with van der Waals surface area (Å²) in [5.41, 5.74) is 1.27. The Hall–Kier alpha value is -3.28. The molecule has 128 valence electrons. The molecule has 0 spiro atoms. The zero-order valence-corrected chi connectivity index (χ0v) is 13.8. The van der Waals surface area contributed by atoms with Crippen molar-refractivity contribution < 1.29 is 28.5 Å². The van der Waals surface area contributed by atoms with Crippen molar-refractivity contribution in [3.8, 4) is 17.2 Å². The summed E-state index contributed by atoms with van der Waals surface area (Å²) in [6.07, 6.45) is 1.66. The summed E-state index contributed by atoms with van der Waals surface area (Å²) in [5, 5.41) is 0. The highest BCUT2D eigenvalue weighted by Gasteiger charge is 2.27. The van der Waals surface area contributed by atoms with Gasteiger partial charge in [-0.15, -0.1) is 0 Å². The largest absolute Gasteiger partial charge is 0.497 e. The maximum atomic E-state index is 12.4. The van der Waals surface area contributed by atoms with Crippen LogP contribution in [0.4, 0.5) is 0 Å². The highest BCUT2D eigenvalue weighted by Crippen LogP contribution is 2.35. The molecular weight excluding hydrogens is 324 g/mol. The van der Waals surface area contributed by atoms with Gasteiger partial charge in [0.05, 0.1) is 19.8 Å². The minimum Gasteiger partial charge on any atom is -0.497 e. The third-order valence-electron chi connectivity index (χ3n) is 3.64. The molecule has 0 saturated carbocycles. The van der Waals surface area contributed by atoms with E-state index < -0.39 is 5.97 Å². The van der Waals surface area contributed by atoms with Crippen molar-refractivity contribution >= 4 is 17.8 Å². The fraction of sp³-hybridized carbons (Fsp3) is 0.158. The maximum Gasteiger partial charge on any atom is 0.343 e. The SMILES string of the molecule is COC(=O)COc1ccc2c(c1)O/C(=C\c1ccc(OC)cc1)C2=O. The van der Waals surface area contributed by atoms with Crippen LogP contribution in [0.5, 0.6) is 17.2 Å². The number of hydrogen-bond donors (Lipinski definition) is 0. The van der Waals surface area contributed by atoms with E-state index in [1.807, 2.05) is 12.1 Å². The molecule has 2 aromatic carbocycles. The highest BCUT2D eigenvalue weighted by atomic mass is 16.6. The number of carbonyl (C=O) groups is 2. The van der Waals surface area contributed by atoms with Gasteiger partial charge in [0.25, 0.3) is 0 Å². The summed E-state index contributed by atoms with van der Waals surface area (Å²) in [4.78, 5) is 23.5. The monoisotopic (exact) mass is 340 g/mol. The summed E-state index contributed by atoms with van der Waals surface area (Å²) in [6.45, 7) is -0.211. The second kappa shape index (κ2) is 7.09. The molecule has 1 aliphatic rings. The number of ether oxygens (including phenoxy) is 4. The van der Waals surface area contributed by atoms with Crippen molar-refractivity contribution in [2.24, 2.45) is 0 Å². The van der Waals surface area contributed by atoms with E-state index in [1.54, 1.807) is 43.5 Å². The predicted molar refractivity (Wildman–Crippen MR) is 89.9 cm³/mol. The first-order valence-corrected chi connectivity index (χ1v) is 7.52. The molecule has 0 N–H and O–H groups in total. The second-order valence-electron chi connectivity index (χ2n) is 5.24. The Labute approximate surface area is 144 Å². The molecule has 0 fully saturated rings. The van der Waals surface area contributed by atoms with Gasteiger partial charge in [0.2, 0.25) is 5.78 Å². The average molecular weight is 340 g/mol. The number of esters is 1. The Bertz CT molecular complexity index is 835. The van der Waals surface area contributed by atoms with Gasteiger partial charge >= 0.3 is 5.97 Å². The summed E-state index contributed by atoms with van der Waals surface area (Å²) in [7, 11) is 2.87. The predicted octanol–water partition coefficient (Wildman–Crippen LogP) is 2.86. The molecular formula is C19H16O6. The van der Waals surface area contributed by atoms with E-state index in [4.69, 9.17) is 14.2 Å². The molecule has 1 heterocycles. The van der Waals surface area contributed by atoms with Crippen LogP contribution in [0.3, 0.4) is 0 Å². The zero-order chi connectivity index (χ0) is 17.8. The second-order valence-corrected chi connectivity index (χ2v) is 5.24. The van der Waals surface area contributed by atoms with E-state index in [0.717, 1.165) is 11.3 Å². The first kappa shape index (κ1) is 16.6. The molecule has 3 rings (SSSR count). The molecule has 6 heteroatoms. The van der Waals surface area contributed by atoms with Gasteiger partial charge in [-0.3, -0.25) is 4.79 Å². The molecule has 0 saturated heterocycles. The Morgan fingerprint density at radius 1 is 1.08 bits per heavy atom. The summed E-state index contributed by atoms with van der Waals surface area (Å²) < 4.78 is 20.6. The lowest BCUT2D eigenvalue weighted by Gasteiger charge is -2.05. The van der Waals surface area contributed by atoms with Crippen molar-refractivity contribution in [1.82, 2.24) is 0 Å². The fourth-order valence-electron chi connectivity index (χ4n) is 2.31. The average Bonchev–Trinajstić information content (AvgIpc) is 2.95. The van der Waals surface area contributed by atoms with E-state index in [0.29, 0.717) is 17.1 Å². The molecule has 0 amide bonds. The first-order chi connectivity index (χ1) is 12.1. The molecule has 1 aliphatic heterocycles. The Balaban J connectivity index is 1.77. The van der Waals surface area contributed by atoms with Crippen molar-refractivity contribution in [3.05, 3.63) is 59.4 Å². The number of fused-ring (bicyclic) bond motifs is 1. The van der Waals surface area contributed by atoms with Crippen LogP contribution in [0.1, 0.15) is 15.9 Å². The van der Waals surface area contributed by atoms with Crippen molar-refractivity contribution in [1.29, 1.82) is 0 Å². The summed E-state index contributed by atoms with van der Waals surface area (Å²) in [5.74, 6) is 1.08. The van der Waals surface area contributed by atoms with Crippen LogP contribution in [0.25, 0.3) is 6.08 Å². The lowest BCUT2D eigenvalue weighted by molar-refractivity contribution is -0.142. The molecule has 25 heavy (non-hydrogen) atoms. The fourth-order valence-corrected chi connectivity index (χ4v) is 2.31. The van der Waals surface area contributed by atoms with Gasteiger partial charge in [0, 0.05) is 6.07 Å². The van der Waals surface area contributed by atoms with E-state index in [-0.39, 0.29) is 18.1 Å². The molecule has 0 unspecified atom stereocenters. The zero-order valence-electron chi connectivity index (χ0n) is 13.8. The van der Waals surface area contributed by atoms with E-state index in [2.05, 4.69) is 4.74 Å². The number of allylic oxidation sites excluding steroid dienone is 1. The first-order valence-electron chi connectivity index (χ1n) is 7.52. The third-order valence-corrected chi connectivity index (χ3v) is 3.64. The molecule has 0 aliphatic carbocycles. The quantitative estimate of drug-likeness (QED) is 0.616. The number of methoxy groups -OCH3 is 2. The number of benzene rings is 2. The van der Waals surface area contributed by atoms with Crippen molar-refractivity contribution in [2.75, 3.05) is 20.8 Å². The van der Waals surface area contributed by atoms with Gasteiger partial charge in [0.1, 0.15) is 17.2 Å². The molecule has 0 bridgehead atoms. The van der Waals surface area contributed by atoms with Gasteiger partial charge in [-0.05, 0) is 35.9 Å². The van der Waals surface area contributed by atoms with Gasteiger partial charge in [0.15, 0.2) is 12.4 Å². The van der Waals surface area contributed by atoms with Gasteiger partial charge in [-0.2, -0.15) is 0 Å². The van der Waals surface area contributed by atoms with E-state index >= 15 is 0 Å². The van der Waals surface area contributed by atoms with Crippen LogP contribution in [-0.4, -0.2) is 32.6 Å². The Kier molecular flexibility index (Phi) is 4.70. The minimum absolute atomic E-state index is 0.203. The topological polar surface area (TPSA) is 71.1 Å². The number of rotatable bonds is 5. The number of ketones is 1. The molecule has 0 aromatic heterocycles. The summed E-state index contributed by atoms with van der Waals surface area (Å²) in [6, 6.07) is 12.1. The van der Waals surface area contributed by atoms with Crippen LogP contribution in [0, 0.1) is 0 Å². The minimum atomic E-state index is -0.488. The van der Waals surface area contributed by atoms with Crippen LogP contribution in [0.2, 0.25) is 0 Å². The Morgan fingerprint density at radius 3 is 2.48 bits per heavy atom. The van der Waals surface area contributed by atoms with Crippen LogP contribution in [-0.2, 0) is 9.53 Å². The van der Waals surface area contributed by atoms with Gasteiger partial charge in [-0.1, -0.05) is 12.1 Å². The third kappa shape index (κ3) is 3.63. The number of carbonyl (C=O) groups excluding carboxylic acids is 2. The highest BCUT2D eigenvalue weighted by molar-refractivity contribution is 6.14. The smallest absolute Gasteiger partial charge is 0.343 e. The lowest BCUT2D eigenvalue weighted by atomic mass is 10.1. The van der Waals surface area contributed by atoms with E-state index in [9.17, 15) is 9.59 Å². The van der Waals surface area contributed by atoms with Crippen molar-refractivity contribution in [2.45, 2.75) is 0 Å². The molecule has 6 nitrogen and oxygen atoms in total. The van der Waals surface area contributed by atoms with Crippen LogP contribution in [0.15, 0.2) is 48.2 Å². The van der Waals surface area contributed by atoms with Gasteiger partial charge < -0.3 is 18.9 Å². The normalized spacial score (nSPS) is 14.0. The standard InChI is InChI=1S/C19H16O6/c1-22-13-5-3-12(4-6-13)9-17-19(21)15-8-7-14(10-16(15)25-17)24-11-18(20)23-2/h3-10H,11H2,1-2H3/b17-9-. The van der Waals surface area contributed by atoms with Crippen LogP contribution < -0.4 is 14.2 Å². The molecule has 0 radical (unpaired) electrons. The van der Waals surface area contributed by atoms with Crippen LogP contribution >= 0.6 is 0 Å². The maximum absolute atomic E-state index is 12.4. The molecule has 2 aromatic rings. The van der Waals surface area contributed by atoms with E-state index in [1.165, 1.54) is 7.11 Å². The van der Waals surface area contributed by atoms with Gasteiger partial charge in [-0.25, -0.2) is 4.79 Å². The lowest BCUT2D eigenvalue weighted by Crippen LogP contribution is -2.12. The number of hydrogen-bond acceptors (Lipinski definition) is 6. The number of Topliss-reactive ketones (excluding diaryl/α,β-unsaturated/α-hetero) is 1. The summed E-state index contributed by atoms with van der Waals surface area (Å²) >= 11 is 0. The Morgan fingerprint density at radius 2 is 1.80 bits per heavy atom.